The first-order valence-electron chi connectivity index (χ1n) is 8.99. The fraction of sp³-hybridized carbons (Fsp3) is 0.182. The molecule has 3 aromatic rings. The molecule has 1 aliphatic heterocycles. The summed E-state index contributed by atoms with van der Waals surface area (Å²) < 4.78 is 12.9. The number of nitrogens with one attached hydrogen (secondary N) is 2. The molecule has 4 rings (SSSR count). The lowest BCUT2D eigenvalue weighted by molar-refractivity contribution is -0.119. The number of aromatic nitrogens is 1. The average molecular weight is 434 g/mol. The van der Waals surface area contributed by atoms with Gasteiger partial charge in [0.25, 0.3) is 0 Å². The molecule has 2 atom stereocenters. The van der Waals surface area contributed by atoms with Crippen LogP contribution < -0.4 is 10.6 Å². The van der Waals surface area contributed by atoms with Crippen LogP contribution in [-0.2, 0) is 4.79 Å². The highest BCUT2D eigenvalue weighted by Gasteiger charge is 2.33. The number of carbonyl (C=O) groups excluding carboxylic acids is 1. The smallest absolute Gasteiger partial charge is 0.229 e. The minimum absolute atomic E-state index is 0. The van der Waals surface area contributed by atoms with E-state index in [1.807, 2.05) is 42.5 Å². The van der Waals surface area contributed by atoms with Crippen molar-refractivity contribution in [3.63, 3.8) is 0 Å². The number of hydrogen-bond donors (Lipinski definition) is 2. The molecule has 29 heavy (non-hydrogen) atoms. The molecular formula is C22H22Cl2FN3O. The summed E-state index contributed by atoms with van der Waals surface area (Å²) in [6.07, 6.45) is 1.50. The highest BCUT2D eigenvalue weighted by Crippen LogP contribution is 2.29. The highest BCUT2D eigenvalue weighted by molar-refractivity contribution is 5.94. The maximum absolute atomic E-state index is 12.9. The number of amides is 1. The monoisotopic (exact) mass is 433 g/mol. The van der Waals surface area contributed by atoms with E-state index in [1.54, 1.807) is 6.07 Å². The Morgan fingerprint density at radius 3 is 2.28 bits per heavy atom. The van der Waals surface area contributed by atoms with Crippen molar-refractivity contribution in [3.05, 3.63) is 84.4 Å². The van der Waals surface area contributed by atoms with Gasteiger partial charge in [-0.3, -0.25) is 4.79 Å². The van der Waals surface area contributed by atoms with Crippen molar-refractivity contribution >= 4 is 36.4 Å². The van der Waals surface area contributed by atoms with Gasteiger partial charge in [-0.25, -0.2) is 4.98 Å². The predicted octanol–water partition coefficient (Wildman–Crippen LogP) is 4.67. The average Bonchev–Trinajstić information content (AvgIpc) is 3.20. The van der Waals surface area contributed by atoms with Crippen molar-refractivity contribution in [2.24, 2.45) is 5.92 Å². The van der Waals surface area contributed by atoms with E-state index >= 15 is 0 Å². The van der Waals surface area contributed by atoms with Crippen LogP contribution in [0, 0.1) is 11.9 Å². The van der Waals surface area contributed by atoms with Crippen LogP contribution in [0.4, 0.5) is 10.1 Å². The zero-order chi connectivity index (χ0) is 18.6. The fourth-order valence-electron chi connectivity index (χ4n) is 3.53. The summed E-state index contributed by atoms with van der Waals surface area (Å²) in [5, 5.41) is 6.34. The molecule has 1 aromatic heterocycles. The summed E-state index contributed by atoms with van der Waals surface area (Å²) in [7, 11) is 0. The maximum atomic E-state index is 12.9. The Morgan fingerprint density at radius 2 is 1.62 bits per heavy atom. The second-order valence-corrected chi connectivity index (χ2v) is 6.72. The third-order valence-corrected chi connectivity index (χ3v) is 4.99. The predicted molar refractivity (Wildman–Crippen MR) is 118 cm³/mol. The van der Waals surface area contributed by atoms with Crippen molar-refractivity contribution in [1.29, 1.82) is 0 Å². The Labute approximate surface area is 181 Å². The van der Waals surface area contributed by atoms with Gasteiger partial charge >= 0.3 is 0 Å². The van der Waals surface area contributed by atoms with Gasteiger partial charge in [0.15, 0.2) is 0 Å². The lowest BCUT2D eigenvalue weighted by Crippen LogP contribution is -2.28. The van der Waals surface area contributed by atoms with Crippen LogP contribution >= 0.6 is 24.8 Å². The first-order valence-corrected chi connectivity index (χ1v) is 8.99. The van der Waals surface area contributed by atoms with E-state index in [9.17, 15) is 9.18 Å². The molecular weight excluding hydrogens is 412 g/mol. The second-order valence-electron chi connectivity index (χ2n) is 6.72. The van der Waals surface area contributed by atoms with Gasteiger partial charge in [0.2, 0.25) is 11.9 Å². The molecule has 1 aliphatic rings. The van der Waals surface area contributed by atoms with Crippen molar-refractivity contribution in [2.45, 2.75) is 5.92 Å². The Bertz CT molecular complexity index is 921. The van der Waals surface area contributed by atoms with Crippen molar-refractivity contribution in [2.75, 3.05) is 18.4 Å². The number of hydrogen-bond acceptors (Lipinski definition) is 3. The number of pyridine rings is 1. The van der Waals surface area contributed by atoms with Crippen LogP contribution in [-0.4, -0.2) is 24.0 Å². The lowest BCUT2D eigenvalue weighted by Gasteiger charge is -2.18. The summed E-state index contributed by atoms with van der Waals surface area (Å²) >= 11 is 0. The van der Waals surface area contributed by atoms with Gasteiger partial charge in [-0.05, 0) is 35.4 Å². The largest absolute Gasteiger partial charge is 0.326 e. The molecule has 0 aliphatic carbocycles. The summed E-state index contributed by atoms with van der Waals surface area (Å²) in [5.74, 6) is -0.407. The number of carbonyl (C=O) groups is 1. The molecule has 1 amide bonds. The van der Waals surface area contributed by atoms with Gasteiger partial charge < -0.3 is 10.6 Å². The highest BCUT2D eigenvalue weighted by atomic mass is 35.5. The molecule has 0 radical (unpaired) electrons. The van der Waals surface area contributed by atoms with E-state index in [0.717, 1.165) is 23.4 Å². The van der Waals surface area contributed by atoms with Crippen LogP contribution in [0.1, 0.15) is 11.5 Å². The molecule has 0 bridgehead atoms. The summed E-state index contributed by atoms with van der Waals surface area (Å²) in [5.41, 5.74) is 3.68. The molecule has 2 N–H and O–H groups in total. The van der Waals surface area contributed by atoms with E-state index in [1.165, 1.54) is 17.8 Å². The van der Waals surface area contributed by atoms with Gasteiger partial charge in [-0.1, -0.05) is 42.5 Å². The summed E-state index contributed by atoms with van der Waals surface area (Å²) in [6, 6.07) is 20.7. The van der Waals surface area contributed by atoms with Crippen molar-refractivity contribution < 1.29 is 9.18 Å². The zero-order valence-electron chi connectivity index (χ0n) is 15.5. The molecule has 2 unspecified atom stereocenters. The normalized spacial score (nSPS) is 17.7. The van der Waals surface area contributed by atoms with Gasteiger partial charge in [0.1, 0.15) is 0 Å². The Balaban J connectivity index is 0.00000150. The van der Waals surface area contributed by atoms with E-state index in [4.69, 9.17) is 0 Å². The first-order chi connectivity index (χ1) is 13.2. The Kier molecular flexibility index (Phi) is 8.14. The molecule has 1 fully saturated rings. The molecule has 2 heterocycles. The minimum Gasteiger partial charge on any atom is -0.326 e. The van der Waals surface area contributed by atoms with Crippen LogP contribution in [0.5, 0.6) is 0 Å². The Morgan fingerprint density at radius 1 is 0.931 bits per heavy atom. The van der Waals surface area contributed by atoms with Gasteiger partial charge in [0.05, 0.1) is 5.92 Å². The maximum Gasteiger partial charge on any atom is 0.229 e. The topological polar surface area (TPSA) is 54.0 Å². The first kappa shape index (κ1) is 22.8. The van der Waals surface area contributed by atoms with Crippen molar-refractivity contribution in [3.8, 4) is 11.1 Å². The molecule has 4 nitrogen and oxygen atoms in total. The number of anilines is 1. The van der Waals surface area contributed by atoms with Crippen LogP contribution in [0.2, 0.25) is 0 Å². The van der Waals surface area contributed by atoms with Crippen molar-refractivity contribution in [1.82, 2.24) is 10.3 Å². The number of benzene rings is 2. The Hall–Kier alpha value is -2.47. The molecule has 7 heteroatoms. The summed E-state index contributed by atoms with van der Waals surface area (Å²) in [4.78, 5) is 16.5. The van der Waals surface area contributed by atoms with E-state index in [2.05, 4.69) is 27.8 Å². The molecule has 2 aromatic carbocycles. The van der Waals surface area contributed by atoms with Crippen LogP contribution in [0.25, 0.3) is 11.1 Å². The molecule has 0 saturated carbocycles. The third kappa shape index (κ3) is 5.32. The van der Waals surface area contributed by atoms with E-state index < -0.39 is 5.95 Å². The summed E-state index contributed by atoms with van der Waals surface area (Å²) in [6.45, 7) is 1.48. The fourth-order valence-corrected chi connectivity index (χ4v) is 3.53. The minimum atomic E-state index is -0.499. The standard InChI is InChI=1S/C22H20FN3O.2ClH/c23-21-11-8-17(12-25-21)15-6-9-18(10-7-15)26-22(27)20-14-24-13-19(20)16-4-2-1-3-5-16;;/h1-12,19-20,24H,13-14H2,(H,26,27);2*1H. The van der Waals surface area contributed by atoms with Crippen LogP contribution in [0.15, 0.2) is 72.9 Å². The number of nitrogens with zero attached hydrogens (tertiary/aromatic N) is 1. The van der Waals surface area contributed by atoms with Gasteiger partial charge in [0, 0.05) is 36.5 Å². The number of rotatable bonds is 4. The SMILES string of the molecule is Cl.Cl.O=C(Nc1ccc(-c2ccc(F)nc2)cc1)C1CNCC1c1ccccc1. The zero-order valence-corrected chi connectivity index (χ0v) is 17.2. The molecule has 152 valence electrons. The van der Waals surface area contributed by atoms with Gasteiger partial charge in [-0.15, -0.1) is 24.8 Å². The third-order valence-electron chi connectivity index (χ3n) is 4.99. The molecule has 0 spiro atoms. The quantitative estimate of drug-likeness (QED) is 0.587. The second kappa shape index (κ2) is 10.3. The van der Waals surface area contributed by atoms with E-state index in [-0.39, 0.29) is 42.6 Å². The van der Waals surface area contributed by atoms with Crippen LogP contribution in [0.3, 0.4) is 0 Å². The number of halogens is 3. The molecule has 1 saturated heterocycles. The van der Waals surface area contributed by atoms with E-state index in [0.29, 0.717) is 6.54 Å². The lowest BCUT2D eigenvalue weighted by atomic mass is 9.88. The van der Waals surface area contributed by atoms with Gasteiger partial charge in [-0.2, -0.15) is 4.39 Å².